The lowest BCUT2D eigenvalue weighted by Gasteiger charge is -2.24. The van der Waals surface area contributed by atoms with Crippen LogP contribution in [0.1, 0.15) is 26.2 Å². The number of ether oxygens (including phenoxy) is 1. The molecule has 3 unspecified atom stereocenters. The highest BCUT2D eigenvalue weighted by Gasteiger charge is 2.36. The van der Waals surface area contributed by atoms with E-state index in [-0.39, 0.29) is 12.0 Å². The van der Waals surface area contributed by atoms with Gasteiger partial charge < -0.3 is 15.4 Å². The number of carbonyl (C=O) groups excluding carboxylic acids is 1. The summed E-state index contributed by atoms with van der Waals surface area (Å²) in [7, 11) is 0. The molecule has 4 heteroatoms. The number of carbonyl (C=O) groups is 1. The molecule has 2 heterocycles. The summed E-state index contributed by atoms with van der Waals surface area (Å²) >= 11 is 0. The molecule has 15 heavy (non-hydrogen) atoms. The van der Waals surface area contributed by atoms with Gasteiger partial charge >= 0.3 is 0 Å². The predicted molar refractivity (Wildman–Crippen MR) is 57.3 cm³/mol. The molecule has 86 valence electrons. The van der Waals surface area contributed by atoms with Crippen molar-refractivity contribution in [3.05, 3.63) is 0 Å². The van der Waals surface area contributed by atoms with Crippen LogP contribution in [0.4, 0.5) is 0 Å². The van der Waals surface area contributed by atoms with E-state index in [4.69, 9.17) is 10.5 Å². The van der Waals surface area contributed by atoms with Gasteiger partial charge in [0, 0.05) is 19.2 Å². The van der Waals surface area contributed by atoms with Gasteiger partial charge in [-0.15, -0.1) is 0 Å². The largest absolute Gasteiger partial charge is 0.368 e. The second kappa shape index (κ2) is 4.49. The fraction of sp³-hybridized carbons (Fsp3) is 0.909. The lowest BCUT2D eigenvalue weighted by molar-refractivity contribution is -0.141. The normalized spacial score (nSPS) is 36.1. The minimum Gasteiger partial charge on any atom is -0.368 e. The van der Waals surface area contributed by atoms with Gasteiger partial charge in [-0.1, -0.05) is 0 Å². The van der Waals surface area contributed by atoms with Gasteiger partial charge in [0.2, 0.25) is 0 Å². The molecule has 0 aliphatic carbocycles. The van der Waals surface area contributed by atoms with Crippen LogP contribution >= 0.6 is 0 Å². The van der Waals surface area contributed by atoms with E-state index in [1.807, 2.05) is 4.90 Å². The van der Waals surface area contributed by atoms with Gasteiger partial charge in [0.25, 0.3) is 5.91 Å². The third kappa shape index (κ3) is 2.16. The average Bonchev–Trinajstić information content (AvgIpc) is 2.85. The summed E-state index contributed by atoms with van der Waals surface area (Å²) in [6, 6.07) is 0.329. The van der Waals surface area contributed by atoms with Gasteiger partial charge in [0.05, 0.1) is 0 Å². The number of hydrogen-bond acceptors (Lipinski definition) is 3. The first kappa shape index (κ1) is 10.9. The zero-order chi connectivity index (χ0) is 10.8. The number of rotatable bonds is 2. The molecule has 2 aliphatic heterocycles. The van der Waals surface area contributed by atoms with Crippen molar-refractivity contribution in [2.45, 2.75) is 38.3 Å². The number of nitrogens with zero attached hydrogens (tertiary/aromatic N) is 1. The molecule has 3 atom stereocenters. The minimum absolute atomic E-state index is 0.177. The van der Waals surface area contributed by atoms with Crippen LogP contribution in [0.15, 0.2) is 0 Å². The monoisotopic (exact) mass is 212 g/mol. The van der Waals surface area contributed by atoms with Crippen LogP contribution in [0.25, 0.3) is 0 Å². The van der Waals surface area contributed by atoms with E-state index in [1.165, 1.54) is 0 Å². The molecule has 4 nitrogen and oxygen atoms in total. The van der Waals surface area contributed by atoms with Crippen molar-refractivity contribution in [1.29, 1.82) is 0 Å². The second-order valence-electron chi connectivity index (χ2n) is 4.68. The summed E-state index contributed by atoms with van der Waals surface area (Å²) in [5.74, 6) is 0.654. The van der Waals surface area contributed by atoms with Crippen LogP contribution in [0.2, 0.25) is 0 Å². The summed E-state index contributed by atoms with van der Waals surface area (Å²) < 4.78 is 5.42. The fourth-order valence-corrected chi connectivity index (χ4v) is 2.58. The summed E-state index contributed by atoms with van der Waals surface area (Å²) in [5, 5.41) is 0. The van der Waals surface area contributed by atoms with Crippen molar-refractivity contribution in [2.75, 3.05) is 19.7 Å². The lowest BCUT2D eigenvalue weighted by Crippen LogP contribution is -2.41. The van der Waals surface area contributed by atoms with Gasteiger partial charge in [-0.05, 0) is 38.6 Å². The molecule has 0 radical (unpaired) electrons. The molecule has 1 amide bonds. The third-order valence-corrected chi connectivity index (χ3v) is 3.48. The van der Waals surface area contributed by atoms with Crippen molar-refractivity contribution in [3.8, 4) is 0 Å². The third-order valence-electron chi connectivity index (χ3n) is 3.48. The Morgan fingerprint density at radius 1 is 1.60 bits per heavy atom. The van der Waals surface area contributed by atoms with E-state index >= 15 is 0 Å². The molecular weight excluding hydrogens is 192 g/mol. The van der Waals surface area contributed by atoms with Gasteiger partial charge in [-0.25, -0.2) is 0 Å². The molecule has 2 fully saturated rings. The smallest absolute Gasteiger partial charge is 0.251 e. The maximum absolute atomic E-state index is 12.1. The van der Waals surface area contributed by atoms with Gasteiger partial charge in [-0.2, -0.15) is 0 Å². The molecule has 0 bridgehead atoms. The Labute approximate surface area is 90.8 Å². The van der Waals surface area contributed by atoms with Crippen LogP contribution < -0.4 is 5.73 Å². The Bertz CT molecular complexity index is 239. The average molecular weight is 212 g/mol. The quantitative estimate of drug-likeness (QED) is 0.719. The SMILES string of the molecule is CC1CC(CN)CN1C(=O)C1CCCO1. The topological polar surface area (TPSA) is 55.6 Å². The highest BCUT2D eigenvalue weighted by Crippen LogP contribution is 2.25. The summed E-state index contributed by atoms with van der Waals surface area (Å²) in [6.45, 7) is 4.33. The first-order valence-electron chi connectivity index (χ1n) is 5.84. The highest BCUT2D eigenvalue weighted by molar-refractivity contribution is 5.81. The predicted octanol–water partition coefficient (Wildman–Crippen LogP) is 0.361. The highest BCUT2D eigenvalue weighted by atomic mass is 16.5. The number of nitrogens with two attached hydrogens (primary N) is 1. The Balaban J connectivity index is 1.95. The Morgan fingerprint density at radius 3 is 2.93 bits per heavy atom. The Hall–Kier alpha value is -0.610. The minimum atomic E-state index is -0.177. The van der Waals surface area contributed by atoms with E-state index in [0.29, 0.717) is 18.5 Å². The summed E-state index contributed by atoms with van der Waals surface area (Å²) in [4.78, 5) is 14.0. The van der Waals surface area contributed by atoms with E-state index in [2.05, 4.69) is 6.92 Å². The lowest BCUT2D eigenvalue weighted by atomic mass is 10.1. The molecule has 0 saturated carbocycles. The molecule has 0 aromatic carbocycles. The zero-order valence-electron chi connectivity index (χ0n) is 9.32. The fourth-order valence-electron chi connectivity index (χ4n) is 2.58. The first-order valence-corrected chi connectivity index (χ1v) is 5.84. The van der Waals surface area contributed by atoms with Crippen molar-refractivity contribution in [1.82, 2.24) is 4.90 Å². The van der Waals surface area contributed by atoms with Crippen molar-refractivity contribution in [2.24, 2.45) is 11.7 Å². The Kier molecular flexibility index (Phi) is 3.26. The molecule has 2 N–H and O–H groups in total. The molecular formula is C11H20N2O2. The van der Waals surface area contributed by atoms with Crippen LogP contribution in [-0.2, 0) is 9.53 Å². The summed E-state index contributed by atoms with van der Waals surface area (Å²) in [5.41, 5.74) is 5.64. The standard InChI is InChI=1S/C11H20N2O2/c1-8-5-9(6-12)7-13(8)11(14)10-3-2-4-15-10/h8-10H,2-7,12H2,1H3. The van der Waals surface area contributed by atoms with E-state index < -0.39 is 0 Å². The second-order valence-corrected chi connectivity index (χ2v) is 4.68. The number of hydrogen-bond donors (Lipinski definition) is 1. The van der Waals surface area contributed by atoms with Crippen molar-refractivity contribution < 1.29 is 9.53 Å². The van der Waals surface area contributed by atoms with Crippen LogP contribution in [0.5, 0.6) is 0 Å². The maximum atomic E-state index is 12.1. The zero-order valence-corrected chi connectivity index (χ0v) is 9.32. The number of amides is 1. The van der Waals surface area contributed by atoms with E-state index in [1.54, 1.807) is 0 Å². The molecule has 0 aromatic rings. The van der Waals surface area contributed by atoms with E-state index in [0.717, 1.165) is 32.4 Å². The van der Waals surface area contributed by atoms with Crippen LogP contribution in [0, 0.1) is 5.92 Å². The van der Waals surface area contributed by atoms with Gasteiger partial charge in [0.15, 0.2) is 0 Å². The van der Waals surface area contributed by atoms with Crippen molar-refractivity contribution >= 4 is 5.91 Å². The molecule has 2 rings (SSSR count). The summed E-state index contributed by atoms with van der Waals surface area (Å²) in [6.07, 6.45) is 2.76. The van der Waals surface area contributed by atoms with Crippen LogP contribution in [-0.4, -0.2) is 42.6 Å². The molecule has 2 saturated heterocycles. The first-order chi connectivity index (χ1) is 7.22. The van der Waals surface area contributed by atoms with Crippen molar-refractivity contribution in [3.63, 3.8) is 0 Å². The molecule has 0 spiro atoms. The van der Waals surface area contributed by atoms with Gasteiger partial charge in [0.1, 0.15) is 6.10 Å². The van der Waals surface area contributed by atoms with E-state index in [9.17, 15) is 4.79 Å². The van der Waals surface area contributed by atoms with Gasteiger partial charge in [-0.3, -0.25) is 4.79 Å². The molecule has 2 aliphatic rings. The maximum Gasteiger partial charge on any atom is 0.251 e. The Morgan fingerprint density at radius 2 is 2.40 bits per heavy atom. The number of likely N-dealkylation sites (tertiary alicyclic amines) is 1. The molecule has 0 aromatic heterocycles. The van der Waals surface area contributed by atoms with Crippen LogP contribution in [0.3, 0.4) is 0 Å².